The molecular formula is C16H23N5O2S. The predicted molar refractivity (Wildman–Crippen MR) is 93.0 cm³/mol. The van der Waals surface area contributed by atoms with E-state index in [0.717, 1.165) is 17.7 Å². The Morgan fingerprint density at radius 2 is 2.25 bits per heavy atom. The van der Waals surface area contributed by atoms with Crippen LogP contribution in [0.3, 0.4) is 0 Å². The van der Waals surface area contributed by atoms with Gasteiger partial charge in [0.1, 0.15) is 11.9 Å². The van der Waals surface area contributed by atoms with Gasteiger partial charge in [-0.1, -0.05) is 0 Å². The van der Waals surface area contributed by atoms with Crippen molar-refractivity contribution in [2.45, 2.75) is 37.9 Å². The molecule has 1 aromatic rings. The molecule has 1 saturated carbocycles. The number of likely N-dealkylation sites (tertiary alicyclic amines) is 1. The Balaban J connectivity index is 1.65. The van der Waals surface area contributed by atoms with Crippen molar-refractivity contribution in [3.63, 3.8) is 0 Å². The molecule has 2 fully saturated rings. The summed E-state index contributed by atoms with van der Waals surface area (Å²) in [6.45, 7) is 2.17. The quantitative estimate of drug-likeness (QED) is 0.440. The van der Waals surface area contributed by atoms with Gasteiger partial charge in [0.25, 0.3) is 0 Å². The molecule has 4 atom stereocenters. The van der Waals surface area contributed by atoms with Gasteiger partial charge in [0, 0.05) is 21.9 Å². The van der Waals surface area contributed by atoms with Crippen LogP contribution in [0.25, 0.3) is 0 Å². The molecule has 2 heterocycles. The summed E-state index contributed by atoms with van der Waals surface area (Å²) in [5.74, 6) is 0.390. The first-order valence-electron chi connectivity index (χ1n) is 8.11. The average Bonchev–Trinajstić information content (AvgIpc) is 2.99. The zero-order chi connectivity index (χ0) is 17.4. The number of rotatable bonds is 6. The molecule has 0 aromatic carbocycles. The number of piperidine rings is 1. The molecule has 1 aliphatic carbocycles. The lowest BCUT2D eigenvalue weighted by molar-refractivity contribution is -0.139. The van der Waals surface area contributed by atoms with Gasteiger partial charge in [0.15, 0.2) is 0 Å². The molecule has 7 nitrogen and oxygen atoms in total. The first-order chi connectivity index (χ1) is 11.4. The Morgan fingerprint density at radius 3 is 2.88 bits per heavy atom. The molecule has 1 saturated heterocycles. The number of thiophene rings is 1. The van der Waals surface area contributed by atoms with E-state index in [1.807, 2.05) is 18.4 Å². The van der Waals surface area contributed by atoms with E-state index in [2.05, 4.69) is 10.6 Å². The Labute approximate surface area is 145 Å². The molecule has 5 N–H and O–H groups in total. The van der Waals surface area contributed by atoms with Gasteiger partial charge in [0.05, 0.1) is 12.6 Å². The molecule has 3 unspecified atom stereocenters. The smallest absolute Gasteiger partial charge is 0.243 e. The van der Waals surface area contributed by atoms with Crippen molar-refractivity contribution in [2.75, 3.05) is 13.6 Å². The molecule has 0 spiro atoms. The minimum Gasteiger partial charge on any atom is -0.384 e. The third-order valence-electron chi connectivity index (χ3n) is 4.74. The first kappa shape index (κ1) is 16.9. The molecule has 0 radical (unpaired) electrons. The maximum absolute atomic E-state index is 12.7. The zero-order valence-electron chi connectivity index (χ0n) is 13.8. The second-order valence-electron chi connectivity index (χ2n) is 6.53. The Bertz CT molecular complexity index is 673. The van der Waals surface area contributed by atoms with Crippen molar-refractivity contribution in [3.8, 4) is 0 Å². The van der Waals surface area contributed by atoms with Crippen LogP contribution in [0.4, 0.5) is 0 Å². The normalized spacial score (nSPS) is 25.9. The van der Waals surface area contributed by atoms with Crippen molar-refractivity contribution >= 4 is 29.0 Å². The van der Waals surface area contributed by atoms with Crippen molar-refractivity contribution < 1.29 is 9.59 Å². The van der Waals surface area contributed by atoms with E-state index in [-0.39, 0.29) is 42.3 Å². The third kappa shape index (κ3) is 3.16. The van der Waals surface area contributed by atoms with Crippen LogP contribution >= 0.6 is 11.3 Å². The van der Waals surface area contributed by atoms with E-state index in [0.29, 0.717) is 11.5 Å². The van der Waals surface area contributed by atoms with Crippen LogP contribution < -0.4 is 16.4 Å². The number of nitrogens with two attached hydrogens (primary N) is 1. The summed E-state index contributed by atoms with van der Waals surface area (Å²) in [7, 11) is 1.74. The molecule has 2 amide bonds. The molecule has 24 heavy (non-hydrogen) atoms. The van der Waals surface area contributed by atoms with E-state index < -0.39 is 0 Å². The topological polar surface area (TPSA) is 111 Å². The number of amidine groups is 1. The standard InChI is InChI=1S/C16H23N5O2S/c1-8(13-5-10(7-24-13)15(17)18)20-16(23)12-4-9-3-11(9)21(12)14(22)6-19-2/h5,7-9,11-12,19H,3-4,6H2,1-2H3,(H3,17,18)(H,20,23)/t8-,9?,11?,12?/m1/s1. The maximum atomic E-state index is 12.7. The predicted octanol–water partition coefficient (Wildman–Crippen LogP) is 0.418. The molecule has 8 heteroatoms. The zero-order valence-corrected chi connectivity index (χ0v) is 14.7. The Morgan fingerprint density at radius 1 is 1.50 bits per heavy atom. The van der Waals surface area contributed by atoms with Crippen LogP contribution in [-0.4, -0.2) is 48.2 Å². The SMILES string of the molecule is CNCC(=O)N1C(C(=O)N[C@H](C)c2cc(C(=N)N)cs2)CC2CC21. The summed E-state index contributed by atoms with van der Waals surface area (Å²) < 4.78 is 0. The number of nitrogen functional groups attached to an aromatic ring is 1. The number of carbonyl (C=O) groups is 2. The number of amides is 2. The Hall–Kier alpha value is -1.93. The second kappa shape index (κ2) is 6.52. The number of likely N-dealkylation sites (N-methyl/N-ethyl adjacent to an activating group) is 1. The fourth-order valence-corrected chi connectivity index (χ4v) is 4.31. The van der Waals surface area contributed by atoms with Gasteiger partial charge >= 0.3 is 0 Å². The van der Waals surface area contributed by atoms with Gasteiger partial charge in [-0.05, 0) is 38.8 Å². The van der Waals surface area contributed by atoms with Crippen LogP contribution in [-0.2, 0) is 9.59 Å². The van der Waals surface area contributed by atoms with Crippen molar-refractivity contribution in [1.82, 2.24) is 15.5 Å². The lowest BCUT2D eigenvalue weighted by atomic mass is 10.1. The summed E-state index contributed by atoms with van der Waals surface area (Å²) in [5, 5.41) is 15.1. The lowest BCUT2D eigenvalue weighted by Crippen LogP contribution is -2.50. The van der Waals surface area contributed by atoms with E-state index in [4.69, 9.17) is 11.1 Å². The lowest BCUT2D eigenvalue weighted by Gasteiger charge is -2.28. The maximum Gasteiger partial charge on any atom is 0.243 e. The molecule has 1 aromatic heterocycles. The van der Waals surface area contributed by atoms with E-state index in [9.17, 15) is 9.59 Å². The largest absolute Gasteiger partial charge is 0.384 e. The average molecular weight is 349 g/mol. The molecule has 1 aliphatic heterocycles. The number of nitrogens with zero attached hydrogens (tertiary/aromatic N) is 1. The fraction of sp³-hybridized carbons (Fsp3) is 0.562. The highest BCUT2D eigenvalue weighted by atomic mass is 32.1. The highest BCUT2D eigenvalue weighted by Crippen LogP contribution is 2.47. The highest BCUT2D eigenvalue weighted by molar-refractivity contribution is 7.10. The molecule has 0 bridgehead atoms. The van der Waals surface area contributed by atoms with Gasteiger partial charge in [-0.2, -0.15) is 0 Å². The summed E-state index contributed by atoms with van der Waals surface area (Å²) in [6, 6.07) is 1.52. The van der Waals surface area contributed by atoms with Crippen LogP contribution in [0.1, 0.15) is 36.2 Å². The molecular weight excluding hydrogens is 326 g/mol. The number of hydrogen-bond donors (Lipinski definition) is 4. The summed E-state index contributed by atoms with van der Waals surface area (Å²) >= 11 is 1.47. The molecule has 130 valence electrons. The summed E-state index contributed by atoms with van der Waals surface area (Å²) in [5.41, 5.74) is 6.15. The minimum atomic E-state index is -0.371. The van der Waals surface area contributed by atoms with Gasteiger partial charge in [-0.3, -0.25) is 15.0 Å². The number of carbonyl (C=O) groups excluding carboxylic acids is 2. The summed E-state index contributed by atoms with van der Waals surface area (Å²) in [6.07, 6.45) is 1.77. The number of hydrogen-bond acceptors (Lipinski definition) is 5. The first-order valence-corrected chi connectivity index (χ1v) is 8.99. The van der Waals surface area contributed by atoms with Crippen LogP contribution in [0.2, 0.25) is 0 Å². The van der Waals surface area contributed by atoms with Gasteiger partial charge in [-0.15, -0.1) is 11.3 Å². The highest BCUT2D eigenvalue weighted by Gasteiger charge is 2.55. The number of fused-ring (bicyclic) bond motifs is 1. The molecule has 3 rings (SSSR count). The van der Waals surface area contributed by atoms with Crippen molar-refractivity contribution in [1.29, 1.82) is 5.41 Å². The van der Waals surface area contributed by atoms with Gasteiger partial charge < -0.3 is 21.3 Å². The van der Waals surface area contributed by atoms with Crippen LogP contribution in [0, 0.1) is 11.3 Å². The third-order valence-corrected chi connectivity index (χ3v) is 5.85. The van der Waals surface area contributed by atoms with E-state index in [1.54, 1.807) is 11.9 Å². The van der Waals surface area contributed by atoms with Crippen LogP contribution in [0.5, 0.6) is 0 Å². The van der Waals surface area contributed by atoms with Crippen molar-refractivity contribution in [3.05, 3.63) is 21.9 Å². The van der Waals surface area contributed by atoms with Crippen molar-refractivity contribution in [2.24, 2.45) is 11.7 Å². The van der Waals surface area contributed by atoms with Gasteiger partial charge in [-0.25, -0.2) is 0 Å². The molecule has 2 aliphatic rings. The fourth-order valence-electron chi connectivity index (χ4n) is 3.39. The Kier molecular flexibility index (Phi) is 4.60. The van der Waals surface area contributed by atoms with Crippen LogP contribution in [0.15, 0.2) is 11.4 Å². The minimum absolute atomic E-state index is 0.00899. The monoisotopic (exact) mass is 349 g/mol. The second-order valence-corrected chi connectivity index (χ2v) is 7.47. The van der Waals surface area contributed by atoms with E-state index in [1.165, 1.54) is 11.3 Å². The number of nitrogens with one attached hydrogen (secondary N) is 3. The van der Waals surface area contributed by atoms with Gasteiger partial charge in [0.2, 0.25) is 11.8 Å². The summed E-state index contributed by atoms with van der Waals surface area (Å²) in [4.78, 5) is 27.7. The van der Waals surface area contributed by atoms with E-state index >= 15 is 0 Å².